The molecule has 0 radical (unpaired) electrons. The topological polar surface area (TPSA) is 34.1 Å². The molecule has 0 aliphatic rings. The van der Waals surface area contributed by atoms with E-state index in [9.17, 15) is 0 Å². The fourth-order valence-electron chi connectivity index (χ4n) is 0. The first-order chi connectivity index (χ1) is 4.56. The molecule has 0 spiro atoms. The van der Waals surface area contributed by atoms with Gasteiger partial charge in [0.2, 0.25) is 0 Å². The molecule has 0 heterocycles. The molecule has 0 fully saturated rings. The van der Waals surface area contributed by atoms with Gasteiger partial charge in [0.25, 0.3) is 0 Å². The average Bonchev–Trinajstić information content (AvgIpc) is 1.65. The molecule has 0 N–H and O–H groups in total. The molecule has 86 valence electrons. The maximum atomic E-state index is 8.81. The molecule has 13 heavy (non-hydrogen) atoms. The van der Waals surface area contributed by atoms with E-state index in [4.69, 9.17) is 9.59 Å². The molecule has 0 saturated heterocycles. The monoisotopic (exact) mass is 302 g/mol. The first-order valence-corrected chi connectivity index (χ1v) is 5.91. The van der Waals surface area contributed by atoms with Gasteiger partial charge in [0.05, 0.1) is 0 Å². The fourth-order valence-corrected chi connectivity index (χ4v) is 0. The summed E-state index contributed by atoms with van der Waals surface area (Å²) in [7, 11) is 3.78. The number of aldehydes is 2. The van der Waals surface area contributed by atoms with Crippen LogP contribution in [-0.2, 0) is 19.7 Å². The summed E-state index contributed by atoms with van der Waals surface area (Å²) in [6, 6.07) is 0. The summed E-state index contributed by atoms with van der Waals surface area (Å²) in [5.41, 5.74) is 0. The van der Waals surface area contributed by atoms with E-state index in [0.717, 1.165) is 12.6 Å². The second-order valence-electron chi connectivity index (χ2n) is 1.29. The summed E-state index contributed by atoms with van der Waals surface area (Å²) in [6.07, 6.45) is 5.72. The van der Waals surface area contributed by atoms with Crippen molar-refractivity contribution in [1.82, 2.24) is 0 Å². The van der Waals surface area contributed by atoms with Gasteiger partial charge < -0.3 is 9.59 Å². The van der Waals surface area contributed by atoms with Crippen molar-refractivity contribution in [1.29, 1.82) is 0 Å². The Morgan fingerprint density at radius 1 is 0.923 bits per heavy atom. The van der Waals surface area contributed by atoms with Crippen LogP contribution in [0.3, 0.4) is 0 Å². The molecular formula is C6H15Ar3O2PS. The maximum absolute atomic E-state index is 8.81. The molecule has 0 unspecified atom stereocenters. The Labute approximate surface area is 176 Å². The van der Waals surface area contributed by atoms with Crippen molar-refractivity contribution < 1.29 is 123 Å². The normalized spacial score (nSPS) is 4.69. The molecule has 0 saturated carbocycles. The van der Waals surface area contributed by atoms with Crippen molar-refractivity contribution in [3.05, 3.63) is 0 Å². The molecule has 0 amide bonds. The van der Waals surface area contributed by atoms with Crippen molar-refractivity contribution in [2.75, 3.05) is 12.5 Å². The largest absolute Gasteiger partial charge is 0.304 e. The molecule has 0 rings (SSSR count). The minimum atomic E-state index is 0. The van der Waals surface area contributed by atoms with Crippen LogP contribution < -0.4 is 0 Å². The van der Waals surface area contributed by atoms with E-state index in [1.54, 1.807) is 0 Å². The van der Waals surface area contributed by atoms with Crippen LogP contribution in [0.15, 0.2) is 0 Å². The zero-order valence-electron chi connectivity index (χ0n) is 7.94. The summed E-state index contributed by atoms with van der Waals surface area (Å²) < 4.78 is 0. The minimum Gasteiger partial charge on any atom is -0.304 e. The van der Waals surface area contributed by atoms with Crippen molar-refractivity contribution in [3.8, 4) is 0 Å². The van der Waals surface area contributed by atoms with Gasteiger partial charge in [0.15, 0.2) is 0 Å². The van der Waals surface area contributed by atoms with Gasteiger partial charge >= 0.3 is 0 Å². The van der Waals surface area contributed by atoms with Gasteiger partial charge in [-0.1, -0.05) is 8.02 Å². The van der Waals surface area contributed by atoms with Crippen LogP contribution in [0.1, 0.15) is 13.8 Å². The van der Waals surface area contributed by atoms with Crippen LogP contribution in [0, 0.1) is 113 Å². The van der Waals surface area contributed by atoms with Gasteiger partial charge in [0, 0.05) is 113 Å². The predicted octanol–water partition coefficient (Wildman–Crippen LogP) is 1.33. The maximum Gasteiger partial charge on any atom is 0.116 e. The Bertz CT molecular complexity index is 93.9. The first kappa shape index (κ1) is 36.0. The van der Waals surface area contributed by atoms with Crippen LogP contribution in [0.2, 0.25) is 0 Å². The van der Waals surface area contributed by atoms with Crippen molar-refractivity contribution >= 4 is 30.7 Å². The number of carbonyl (C=O) groups is 2. The molecule has 0 bridgehead atoms. The van der Waals surface area contributed by atoms with Crippen LogP contribution in [0.4, 0.5) is 0 Å². The van der Waals surface area contributed by atoms with Gasteiger partial charge in [-0.05, 0) is 26.4 Å². The third-order valence-corrected chi connectivity index (χ3v) is 0. The molecule has 0 aromatic heterocycles. The molecule has 7 heteroatoms. The van der Waals surface area contributed by atoms with E-state index in [0.29, 0.717) is 10.1 Å². The van der Waals surface area contributed by atoms with Crippen LogP contribution >= 0.6 is 8.02 Å². The Kier molecular flexibility index (Phi) is 124. The Hall–Kier alpha value is 3.77. The summed E-state index contributed by atoms with van der Waals surface area (Å²) in [5, 5.41) is 0. The number of rotatable bonds is 0. The number of hydrogen-bond acceptors (Lipinski definition) is 2. The summed E-state index contributed by atoms with van der Waals surface area (Å²) in [5.74, 6) is 0. The quantitative estimate of drug-likeness (QED) is 0.500. The van der Waals surface area contributed by atoms with Gasteiger partial charge in [0.1, 0.15) is 12.6 Å². The smallest absolute Gasteiger partial charge is 0.116 e. The third kappa shape index (κ3) is 210. The van der Waals surface area contributed by atoms with E-state index in [1.165, 1.54) is 13.8 Å². The molecule has 0 atom stereocenters. The van der Waals surface area contributed by atoms with Crippen molar-refractivity contribution in [2.45, 2.75) is 13.8 Å². The minimum absolute atomic E-state index is 0. The summed E-state index contributed by atoms with van der Waals surface area (Å²) in [6.45, 7) is 2.89. The van der Waals surface area contributed by atoms with E-state index >= 15 is 0 Å². The zero-order valence-corrected chi connectivity index (χ0v) is 11.9. The zero-order chi connectivity index (χ0) is 8.99. The molecule has 2 nitrogen and oxygen atoms in total. The molecule has 0 aliphatic heterocycles. The van der Waals surface area contributed by atoms with E-state index in [2.05, 4.69) is 20.5 Å². The van der Waals surface area contributed by atoms with Crippen LogP contribution in [-0.4, -0.2) is 25.1 Å². The summed E-state index contributed by atoms with van der Waals surface area (Å²) in [4.78, 5) is 17.6. The van der Waals surface area contributed by atoms with Gasteiger partial charge in [-0.2, -0.15) is 10.1 Å². The first-order valence-electron chi connectivity index (χ1n) is 2.65. The molecule has 0 aromatic carbocycles. The third-order valence-electron chi connectivity index (χ3n) is 0. The molecular weight excluding hydrogens is 287 g/mol. The van der Waals surface area contributed by atoms with Crippen molar-refractivity contribution in [2.24, 2.45) is 0 Å². The molecule has 0 aliphatic carbocycles. The Morgan fingerprint density at radius 2 is 0.923 bits per heavy atom. The SMILES string of the molecule is CC=O.CC=O.CS(C)=P.[Ar].[Ar].[Ar]. The van der Waals surface area contributed by atoms with Gasteiger partial charge in [-0.3, -0.25) is 0 Å². The predicted molar refractivity (Wildman–Crippen MR) is 51.0 cm³/mol. The van der Waals surface area contributed by atoms with Gasteiger partial charge in [-0.25, -0.2) is 0 Å². The van der Waals surface area contributed by atoms with Gasteiger partial charge in [-0.15, -0.1) is 0 Å². The summed E-state index contributed by atoms with van der Waals surface area (Å²) >= 11 is 0. The van der Waals surface area contributed by atoms with E-state index < -0.39 is 0 Å². The molecule has 0 aromatic rings. The van der Waals surface area contributed by atoms with Crippen LogP contribution in [0.25, 0.3) is 0 Å². The van der Waals surface area contributed by atoms with Crippen LogP contribution in [0.5, 0.6) is 0 Å². The standard InChI is InChI=1S/2C2H4O.C2H7PS.3Ar/c2*1-2-3;1-4(2)3;;;/h2*2H,1H3;3H,1-2H3;;;. The van der Waals surface area contributed by atoms with E-state index in [-0.39, 0.29) is 113 Å². The Morgan fingerprint density at radius 3 is 0.923 bits per heavy atom. The van der Waals surface area contributed by atoms with Crippen molar-refractivity contribution in [3.63, 3.8) is 0 Å². The fraction of sp³-hybridized carbons (Fsp3) is 0.667. The number of carbonyl (C=O) groups excluding carboxylic acids is 2. The number of hydrogen-bond donors (Lipinski definition) is 0. The van der Waals surface area contributed by atoms with E-state index in [1.807, 2.05) is 0 Å². The average molecular weight is 302 g/mol. The Balaban J connectivity index is -0.0000000128. The second kappa shape index (κ2) is 44.7. The second-order valence-corrected chi connectivity index (χ2v) is 5.37.